The van der Waals surface area contributed by atoms with Gasteiger partial charge in [0, 0.05) is 45.5 Å². The Morgan fingerprint density at radius 3 is 2.25 bits per heavy atom. The smallest absolute Gasteiger partial charge is 0.0593 e. The van der Waals surface area contributed by atoms with Crippen LogP contribution in [0, 0.1) is 0 Å². The van der Waals surface area contributed by atoms with Crippen LogP contribution in [0.1, 0.15) is 25.5 Å². The molecule has 20 heavy (non-hydrogen) atoms. The van der Waals surface area contributed by atoms with E-state index >= 15 is 0 Å². The van der Waals surface area contributed by atoms with E-state index in [1.54, 1.807) is 0 Å². The van der Waals surface area contributed by atoms with Gasteiger partial charge in [-0.3, -0.25) is 4.90 Å². The Morgan fingerprint density at radius 2 is 1.80 bits per heavy atom. The highest BCUT2D eigenvalue weighted by Crippen LogP contribution is 2.22. The summed E-state index contributed by atoms with van der Waals surface area (Å²) in [6, 6.07) is 8.91. The molecule has 4 heteroatoms. The molecule has 0 spiro atoms. The second kappa shape index (κ2) is 8.95. The lowest BCUT2D eigenvalue weighted by atomic mass is 10.0. The number of ether oxygens (including phenoxy) is 1. The largest absolute Gasteiger partial charge is 0.380 e. The average molecular weight is 279 g/mol. The predicted molar refractivity (Wildman–Crippen MR) is 86.3 cm³/mol. The zero-order valence-electron chi connectivity index (χ0n) is 13.3. The monoisotopic (exact) mass is 279 g/mol. The molecule has 0 aliphatic carbocycles. The maximum Gasteiger partial charge on any atom is 0.0593 e. The zero-order valence-corrected chi connectivity index (χ0v) is 13.3. The van der Waals surface area contributed by atoms with Gasteiger partial charge in [-0.05, 0) is 31.2 Å². The fraction of sp³-hybridized carbons (Fsp3) is 0.625. The number of likely N-dealkylation sites (N-methyl/N-ethyl adjacent to an activating group) is 1. The van der Waals surface area contributed by atoms with Crippen LogP contribution in [0.25, 0.3) is 0 Å². The molecule has 1 atom stereocenters. The Balaban J connectivity index is 2.76. The SMILES string of the molecule is CCOCCN(CC)C(CN)c1ccc(N(C)C)cc1. The summed E-state index contributed by atoms with van der Waals surface area (Å²) in [7, 11) is 4.10. The molecule has 0 radical (unpaired) electrons. The van der Waals surface area contributed by atoms with E-state index < -0.39 is 0 Å². The molecule has 1 aromatic carbocycles. The van der Waals surface area contributed by atoms with E-state index in [1.807, 2.05) is 6.92 Å². The number of nitrogens with two attached hydrogens (primary N) is 1. The number of rotatable bonds is 9. The van der Waals surface area contributed by atoms with Crippen molar-refractivity contribution < 1.29 is 4.74 Å². The van der Waals surface area contributed by atoms with Gasteiger partial charge in [-0.2, -0.15) is 0 Å². The van der Waals surface area contributed by atoms with E-state index in [-0.39, 0.29) is 6.04 Å². The van der Waals surface area contributed by atoms with Crippen LogP contribution in [0.3, 0.4) is 0 Å². The maximum atomic E-state index is 5.99. The molecule has 114 valence electrons. The molecule has 1 rings (SSSR count). The van der Waals surface area contributed by atoms with Crippen molar-refractivity contribution in [2.75, 3.05) is 51.8 Å². The first kappa shape index (κ1) is 17.0. The van der Waals surface area contributed by atoms with Gasteiger partial charge in [0.05, 0.1) is 6.61 Å². The second-order valence-corrected chi connectivity index (χ2v) is 5.06. The Kier molecular flexibility index (Phi) is 7.59. The number of nitrogens with zero attached hydrogens (tertiary/aromatic N) is 2. The first-order valence-electron chi connectivity index (χ1n) is 7.43. The quantitative estimate of drug-likeness (QED) is 0.703. The van der Waals surface area contributed by atoms with Gasteiger partial charge in [0.2, 0.25) is 0 Å². The van der Waals surface area contributed by atoms with Crippen molar-refractivity contribution in [2.24, 2.45) is 5.73 Å². The van der Waals surface area contributed by atoms with E-state index in [0.29, 0.717) is 6.54 Å². The van der Waals surface area contributed by atoms with Crippen LogP contribution in [0.15, 0.2) is 24.3 Å². The van der Waals surface area contributed by atoms with Crippen LogP contribution in [0.4, 0.5) is 5.69 Å². The fourth-order valence-electron chi connectivity index (χ4n) is 2.35. The predicted octanol–water partition coefficient (Wildman–Crippen LogP) is 2.11. The van der Waals surface area contributed by atoms with Crippen LogP contribution >= 0.6 is 0 Å². The Bertz CT molecular complexity index is 364. The number of anilines is 1. The molecule has 0 saturated carbocycles. The van der Waals surface area contributed by atoms with Crippen molar-refractivity contribution >= 4 is 5.69 Å². The van der Waals surface area contributed by atoms with Gasteiger partial charge < -0.3 is 15.4 Å². The molecule has 0 saturated heterocycles. The molecule has 0 aliphatic heterocycles. The van der Waals surface area contributed by atoms with Crippen molar-refractivity contribution in [3.8, 4) is 0 Å². The van der Waals surface area contributed by atoms with Crippen LogP contribution < -0.4 is 10.6 Å². The summed E-state index contributed by atoms with van der Waals surface area (Å²) in [6.45, 7) is 8.24. The van der Waals surface area contributed by atoms with Crippen molar-refractivity contribution in [3.63, 3.8) is 0 Å². The summed E-state index contributed by atoms with van der Waals surface area (Å²) in [4.78, 5) is 4.48. The van der Waals surface area contributed by atoms with Crippen molar-refractivity contribution in [3.05, 3.63) is 29.8 Å². The van der Waals surface area contributed by atoms with Gasteiger partial charge in [-0.15, -0.1) is 0 Å². The minimum atomic E-state index is 0.261. The lowest BCUT2D eigenvalue weighted by molar-refractivity contribution is 0.0980. The molecule has 0 aromatic heterocycles. The van der Waals surface area contributed by atoms with Gasteiger partial charge in [0.15, 0.2) is 0 Å². The van der Waals surface area contributed by atoms with Crippen LogP contribution in [-0.2, 0) is 4.74 Å². The zero-order chi connectivity index (χ0) is 15.0. The molecule has 4 nitrogen and oxygen atoms in total. The summed E-state index contributed by atoms with van der Waals surface area (Å²) in [5.74, 6) is 0. The van der Waals surface area contributed by atoms with Crippen LogP contribution in [-0.4, -0.2) is 51.8 Å². The summed E-state index contributed by atoms with van der Waals surface area (Å²) in [5.41, 5.74) is 8.48. The van der Waals surface area contributed by atoms with E-state index in [9.17, 15) is 0 Å². The summed E-state index contributed by atoms with van der Waals surface area (Å²) in [6.07, 6.45) is 0. The van der Waals surface area contributed by atoms with E-state index in [4.69, 9.17) is 10.5 Å². The van der Waals surface area contributed by atoms with E-state index in [2.05, 4.69) is 55.1 Å². The van der Waals surface area contributed by atoms with Gasteiger partial charge in [-0.25, -0.2) is 0 Å². The fourth-order valence-corrected chi connectivity index (χ4v) is 2.35. The number of benzene rings is 1. The van der Waals surface area contributed by atoms with E-state index in [1.165, 1.54) is 11.3 Å². The number of hydrogen-bond donors (Lipinski definition) is 1. The molecule has 0 aliphatic rings. The van der Waals surface area contributed by atoms with Gasteiger partial charge in [0.25, 0.3) is 0 Å². The normalized spacial score (nSPS) is 12.7. The molecule has 0 amide bonds. The van der Waals surface area contributed by atoms with Crippen LogP contribution in [0.5, 0.6) is 0 Å². The van der Waals surface area contributed by atoms with Gasteiger partial charge in [-0.1, -0.05) is 19.1 Å². The third-order valence-corrected chi connectivity index (χ3v) is 3.59. The molecule has 2 N–H and O–H groups in total. The standard InChI is InChI=1S/C16H29N3O/c1-5-19(11-12-20-6-2)16(13-17)14-7-9-15(10-8-14)18(3)4/h7-10,16H,5-6,11-13,17H2,1-4H3. The Labute approximate surface area is 123 Å². The molecule has 1 aromatic rings. The highest BCUT2D eigenvalue weighted by atomic mass is 16.5. The summed E-state index contributed by atoms with van der Waals surface area (Å²) >= 11 is 0. The third kappa shape index (κ3) is 4.78. The minimum absolute atomic E-state index is 0.261. The lowest BCUT2D eigenvalue weighted by Gasteiger charge is -2.30. The topological polar surface area (TPSA) is 41.7 Å². The first-order valence-corrected chi connectivity index (χ1v) is 7.43. The highest BCUT2D eigenvalue weighted by Gasteiger charge is 2.17. The lowest BCUT2D eigenvalue weighted by Crippen LogP contribution is -2.36. The van der Waals surface area contributed by atoms with Gasteiger partial charge >= 0.3 is 0 Å². The summed E-state index contributed by atoms with van der Waals surface area (Å²) < 4.78 is 5.46. The summed E-state index contributed by atoms with van der Waals surface area (Å²) in [5, 5.41) is 0. The second-order valence-electron chi connectivity index (χ2n) is 5.06. The molecule has 0 bridgehead atoms. The molecule has 1 unspecified atom stereocenters. The average Bonchev–Trinajstić information content (AvgIpc) is 2.47. The first-order chi connectivity index (χ1) is 9.63. The Hall–Kier alpha value is -1.10. The Morgan fingerprint density at radius 1 is 1.15 bits per heavy atom. The van der Waals surface area contributed by atoms with Crippen LogP contribution in [0.2, 0.25) is 0 Å². The van der Waals surface area contributed by atoms with E-state index in [0.717, 1.165) is 26.3 Å². The third-order valence-electron chi connectivity index (χ3n) is 3.59. The van der Waals surface area contributed by atoms with Crippen molar-refractivity contribution in [2.45, 2.75) is 19.9 Å². The molecular weight excluding hydrogens is 250 g/mol. The minimum Gasteiger partial charge on any atom is -0.380 e. The van der Waals surface area contributed by atoms with Crippen molar-refractivity contribution in [1.82, 2.24) is 4.90 Å². The molecule has 0 heterocycles. The highest BCUT2D eigenvalue weighted by molar-refractivity contribution is 5.46. The van der Waals surface area contributed by atoms with Crippen molar-refractivity contribution in [1.29, 1.82) is 0 Å². The molecular formula is C16H29N3O. The molecule has 0 fully saturated rings. The number of hydrogen-bond acceptors (Lipinski definition) is 4. The van der Waals surface area contributed by atoms with Gasteiger partial charge in [0.1, 0.15) is 0 Å². The maximum absolute atomic E-state index is 5.99.